The van der Waals surface area contributed by atoms with Crippen LogP contribution in [0.4, 0.5) is 10.5 Å². The predicted octanol–water partition coefficient (Wildman–Crippen LogP) is 5.22. The summed E-state index contributed by atoms with van der Waals surface area (Å²) in [5, 5.41) is 2.94. The van der Waals surface area contributed by atoms with Gasteiger partial charge >= 0.3 is 6.03 Å². The van der Waals surface area contributed by atoms with Gasteiger partial charge in [0.1, 0.15) is 6.54 Å². The molecule has 34 heavy (non-hydrogen) atoms. The van der Waals surface area contributed by atoms with Gasteiger partial charge in [-0.25, -0.2) is 4.79 Å². The largest absolute Gasteiger partial charge is 0.493 e. The number of rotatable bonds is 8. The zero-order chi connectivity index (χ0) is 24.8. The van der Waals surface area contributed by atoms with Gasteiger partial charge in [-0.2, -0.15) is 0 Å². The van der Waals surface area contributed by atoms with Gasteiger partial charge in [-0.3, -0.25) is 4.79 Å². The number of carbonyl (C=O) groups excluding carboxylic acids is 2. The number of nitrogens with one attached hydrogen (secondary N) is 1. The monoisotopic (exact) mass is 467 g/mol. The molecule has 1 atom stereocenters. The fourth-order valence-corrected chi connectivity index (χ4v) is 4.42. The molecule has 2 aromatic carbocycles. The molecule has 0 saturated heterocycles. The number of hydrogen-bond donors (Lipinski definition) is 1. The first kappa shape index (κ1) is 25.4. The quantitative estimate of drug-likeness (QED) is 0.578. The molecule has 1 aliphatic rings. The molecule has 7 heteroatoms. The smallest absolute Gasteiger partial charge is 0.322 e. The molecule has 7 nitrogen and oxygen atoms in total. The summed E-state index contributed by atoms with van der Waals surface area (Å²) in [6, 6.07) is 11.4. The van der Waals surface area contributed by atoms with E-state index in [1.54, 1.807) is 19.1 Å². The lowest BCUT2D eigenvalue weighted by atomic mass is 9.92. The summed E-state index contributed by atoms with van der Waals surface area (Å²) in [4.78, 5) is 29.7. The van der Waals surface area contributed by atoms with Gasteiger partial charge in [-0.05, 0) is 66.6 Å². The van der Waals surface area contributed by atoms with Crippen LogP contribution in [-0.4, -0.2) is 55.6 Å². The fraction of sp³-hybridized carbons (Fsp3) is 0.481. The molecule has 3 amide bonds. The molecule has 0 aromatic heterocycles. The number of anilines is 1. The second-order valence-corrected chi connectivity index (χ2v) is 9.05. The minimum absolute atomic E-state index is 0.0384. The molecule has 0 bridgehead atoms. The first-order valence-corrected chi connectivity index (χ1v) is 12.0. The Kier molecular flexibility index (Phi) is 8.42. The number of carbonyl (C=O) groups is 2. The third kappa shape index (κ3) is 5.64. The highest BCUT2D eigenvalue weighted by Crippen LogP contribution is 2.38. The minimum Gasteiger partial charge on any atom is -0.493 e. The van der Waals surface area contributed by atoms with Crippen LogP contribution in [-0.2, 0) is 11.2 Å². The predicted molar refractivity (Wildman–Crippen MR) is 135 cm³/mol. The van der Waals surface area contributed by atoms with Gasteiger partial charge in [0, 0.05) is 18.8 Å². The van der Waals surface area contributed by atoms with E-state index in [9.17, 15) is 9.59 Å². The third-order valence-corrected chi connectivity index (χ3v) is 6.44. The van der Waals surface area contributed by atoms with Crippen LogP contribution in [0.3, 0.4) is 0 Å². The number of amides is 3. The Labute approximate surface area is 203 Å². The van der Waals surface area contributed by atoms with E-state index < -0.39 is 0 Å². The summed E-state index contributed by atoms with van der Waals surface area (Å²) in [6.07, 6.45) is 1.50. The van der Waals surface area contributed by atoms with E-state index in [0.29, 0.717) is 30.5 Å². The highest BCUT2D eigenvalue weighted by molar-refractivity contribution is 5.92. The van der Waals surface area contributed by atoms with Crippen molar-refractivity contribution in [3.8, 4) is 11.5 Å². The number of fused-ring (bicyclic) bond motifs is 1. The molecule has 0 spiro atoms. The summed E-state index contributed by atoms with van der Waals surface area (Å²) in [5.74, 6) is 1.71. The average Bonchev–Trinajstić information content (AvgIpc) is 2.83. The Morgan fingerprint density at radius 3 is 2.35 bits per heavy atom. The van der Waals surface area contributed by atoms with Gasteiger partial charge in [0.2, 0.25) is 5.91 Å². The average molecular weight is 468 g/mol. The SMILES string of the molecule is CCCN(CC(=O)N1CCc2cc(OC)c(OC)cc2C1C)C(=O)Nc1ccc(C(C)C)cc1. The van der Waals surface area contributed by atoms with Crippen molar-refractivity contribution >= 4 is 17.6 Å². The Balaban J connectivity index is 1.71. The number of urea groups is 1. The molecule has 1 unspecified atom stereocenters. The van der Waals surface area contributed by atoms with E-state index in [0.717, 1.165) is 29.7 Å². The lowest BCUT2D eigenvalue weighted by molar-refractivity contribution is -0.134. The minimum atomic E-state index is -0.260. The van der Waals surface area contributed by atoms with Crippen LogP contribution >= 0.6 is 0 Å². The van der Waals surface area contributed by atoms with E-state index in [4.69, 9.17) is 9.47 Å². The van der Waals surface area contributed by atoms with Gasteiger partial charge in [0.05, 0.1) is 20.3 Å². The van der Waals surface area contributed by atoms with Crippen molar-refractivity contribution in [1.29, 1.82) is 0 Å². The molecule has 2 aromatic rings. The molecule has 0 fully saturated rings. The third-order valence-electron chi connectivity index (χ3n) is 6.44. The van der Waals surface area contributed by atoms with Crippen molar-refractivity contribution in [2.24, 2.45) is 0 Å². The van der Waals surface area contributed by atoms with E-state index in [1.807, 2.05) is 55.1 Å². The second kappa shape index (κ2) is 11.3. The zero-order valence-electron chi connectivity index (χ0n) is 21.2. The molecule has 1 N–H and O–H groups in total. The van der Waals surface area contributed by atoms with Gasteiger partial charge in [0.25, 0.3) is 0 Å². The maximum absolute atomic E-state index is 13.3. The van der Waals surface area contributed by atoms with Crippen LogP contribution in [0.5, 0.6) is 11.5 Å². The van der Waals surface area contributed by atoms with Crippen molar-refractivity contribution in [1.82, 2.24) is 9.80 Å². The van der Waals surface area contributed by atoms with E-state index in [-0.39, 0.29) is 24.5 Å². The normalized spacial score (nSPS) is 15.0. The van der Waals surface area contributed by atoms with Crippen molar-refractivity contribution in [2.45, 2.75) is 52.5 Å². The molecule has 1 aliphatic heterocycles. The summed E-state index contributed by atoms with van der Waals surface area (Å²) >= 11 is 0. The highest BCUT2D eigenvalue weighted by Gasteiger charge is 2.30. The number of benzene rings is 2. The number of hydrogen-bond acceptors (Lipinski definition) is 4. The maximum Gasteiger partial charge on any atom is 0.322 e. The molecular weight excluding hydrogens is 430 g/mol. The number of ether oxygens (including phenoxy) is 2. The molecule has 184 valence electrons. The summed E-state index contributed by atoms with van der Waals surface area (Å²) < 4.78 is 10.9. The van der Waals surface area contributed by atoms with Gasteiger partial charge in [-0.15, -0.1) is 0 Å². The standard InChI is InChI=1S/C27H37N3O4/c1-7-13-29(27(32)28-22-10-8-20(9-11-22)18(2)3)17-26(31)30-14-12-21-15-24(33-5)25(34-6)16-23(21)19(30)4/h8-11,15-16,18-19H,7,12-14,17H2,1-6H3,(H,28,32). The summed E-state index contributed by atoms with van der Waals surface area (Å²) in [6.45, 7) is 9.43. The Bertz CT molecular complexity index is 1000. The van der Waals surface area contributed by atoms with E-state index in [2.05, 4.69) is 19.2 Å². The van der Waals surface area contributed by atoms with E-state index >= 15 is 0 Å². The van der Waals surface area contributed by atoms with Crippen LogP contribution in [0, 0.1) is 0 Å². The maximum atomic E-state index is 13.3. The topological polar surface area (TPSA) is 71.1 Å². The molecule has 3 rings (SSSR count). The lowest BCUT2D eigenvalue weighted by Crippen LogP contribution is -2.47. The van der Waals surface area contributed by atoms with Crippen molar-refractivity contribution in [3.05, 3.63) is 53.1 Å². The Morgan fingerprint density at radius 1 is 1.12 bits per heavy atom. The van der Waals surface area contributed by atoms with Crippen molar-refractivity contribution in [3.63, 3.8) is 0 Å². The second-order valence-electron chi connectivity index (χ2n) is 9.05. The molecule has 0 saturated carbocycles. The van der Waals surface area contributed by atoms with Gasteiger partial charge in [0.15, 0.2) is 11.5 Å². The first-order valence-electron chi connectivity index (χ1n) is 12.0. The van der Waals surface area contributed by atoms with Crippen LogP contribution in [0.1, 0.15) is 62.8 Å². The Hall–Kier alpha value is -3.22. The van der Waals surface area contributed by atoms with Crippen LogP contribution in [0.25, 0.3) is 0 Å². The first-order chi connectivity index (χ1) is 16.3. The van der Waals surface area contributed by atoms with Crippen LogP contribution in [0.2, 0.25) is 0 Å². The fourth-order valence-electron chi connectivity index (χ4n) is 4.42. The van der Waals surface area contributed by atoms with Crippen LogP contribution < -0.4 is 14.8 Å². The van der Waals surface area contributed by atoms with Gasteiger partial charge < -0.3 is 24.6 Å². The summed E-state index contributed by atoms with van der Waals surface area (Å²) in [7, 11) is 3.23. The highest BCUT2D eigenvalue weighted by atomic mass is 16.5. The molecular formula is C27H37N3O4. The zero-order valence-corrected chi connectivity index (χ0v) is 21.2. The molecule has 1 heterocycles. The number of methoxy groups -OCH3 is 2. The van der Waals surface area contributed by atoms with Crippen molar-refractivity contribution < 1.29 is 19.1 Å². The Morgan fingerprint density at radius 2 is 1.76 bits per heavy atom. The lowest BCUT2D eigenvalue weighted by Gasteiger charge is -2.37. The van der Waals surface area contributed by atoms with Crippen molar-refractivity contribution in [2.75, 3.05) is 39.2 Å². The van der Waals surface area contributed by atoms with Crippen LogP contribution in [0.15, 0.2) is 36.4 Å². The van der Waals surface area contributed by atoms with Gasteiger partial charge in [-0.1, -0.05) is 32.9 Å². The molecule has 0 aliphatic carbocycles. The number of nitrogens with zero attached hydrogens (tertiary/aromatic N) is 2. The van der Waals surface area contributed by atoms with E-state index in [1.165, 1.54) is 5.56 Å². The molecule has 0 radical (unpaired) electrons. The summed E-state index contributed by atoms with van der Waals surface area (Å²) in [5.41, 5.74) is 4.15.